The Bertz CT molecular complexity index is 1000. The van der Waals surface area contributed by atoms with Gasteiger partial charge >= 0.3 is 0 Å². The van der Waals surface area contributed by atoms with Crippen LogP contribution in [0.1, 0.15) is 33.6 Å². The number of rotatable bonds is 4. The lowest BCUT2D eigenvalue weighted by Gasteiger charge is -2.31. The van der Waals surface area contributed by atoms with Crippen LogP contribution in [0.5, 0.6) is 5.75 Å². The Hall–Kier alpha value is -1.45. The van der Waals surface area contributed by atoms with E-state index in [0.717, 1.165) is 54.0 Å². The van der Waals surface area contributed by atoms with Gasteiger partial charge < -0.3 is 9.64 Å². The van der Waals surface area contributed by atoms with Crippen LogP contribution in [-0.2, 0) is 4.79 Å². The molecule has 1 aliphatic heterocycles. The summed E-state index contributed by atoms with van der Waals surface area (Å²) >= 11 is 8.60. The van der Waals surface area contributed by atoms with E-state index in [1.54, 1.807) is 22.2 Å². The van der Waals surface area contributed by atoms with Crippen LogP contribution in [0.25, 0.3) is 22.3 Å². The maximum atomic E-state index is 11.4. The Morgan fingerprint density at radius 2 is 1.87 bits per heavy atom. The first-order valence-corrected chi connectivity index (χ1v) is 13.7. The van der Waals surface area contributed by atoms with Crippen LogP contribution in [0.15, 0.2) is 42.6 Å². The van der Waals surface area contributed by atoms with Crippen molar-refractivity contribution in [1.82, 2.24) is 13.9 Å². The molecule has 3 heterocycles. The second-order valence-electron chi connectivity index (χ2n) is 6.77. The van der Waals surface area contributed by atoms with Crippen LogP contribution in [-0.4, -0.2) is 39.0 Å². The third kappa shape index (κ3) is 5.06. The predicted octanol–water partition coefficient (Wildman–Crippen LogP) is 6.62. The molecule has 0 spiro atoms. The number of aromatic nitrogens is 2. The number of amides is 1. The van der Waals surface area contributed by atoms with Crippen molar-refractivity contribution in [2.45, 2.75) is 39.7 Å². The van der Waals surface area contributed by atoms with Gasteiger partial charge in [0.1, 0.15) is 11.9 Å². The Balaban J connectivity index is 0.00000124. The number of fused-ring (bicyclic) bond motifs is 1. The summed E-state index contributed by atoms with van der Waals surface area (Å²) in [5.41, 5.74) is 2.99. The first kappa shape index (κ1) is 23.2. The molecule has 0 unspecified atom stereocenters. The summed E-state index contributed by atoms with van der Waals surface area (Å²) in [5.74, 6) is 0.992. The minimum Gasteiger partial charge on any atom is -0.490 e. The summed E-state index contributed by atoms with van der Waals surface area (Å²) in [4.78, 5) is 17.8. The monoisotopic (exact) mass is 557 g/mol. The maximum absolute atomic E-state index is 11.4. The molecule has 2 aromatic heterocycles. The van der Waals surface area contributed by atoms with Gasteiger partial charge in [0.05, 0.1) is 10.7 Å². The summed E-state index contributed by atoms with van der Waals surface area (Å²) in [5, 5.41) is 1.65. The van der Waals surface area contributed by atoms with E-state index in [0.29, 0.717) is 5.02 Å². The molecule has 0 saturated carbocycles. The van der Waals surface area contributed by atoms with Crippen molar-refractivity contribution in [3.8, 4) is 17.0 Å². The molecule has 3 aromatic rings. The smallest absolute Gasteiger partial charge is 0.219 e. The van der Waals surface area contributed by atoms with Crippen molar-refractivity contribution in [3.05, 3.63) is 47.6 Å². The fourth-order valence-corrected chi connectivity index (χ4v) is 5.33. The number of hydrogen-bond acceptors (Lipinski definition) is 4. The van der Waals surface area contributed by atoms with Gasteiger partial charge in [-0.15, -0.1) is 0 Å². The average Bonchev–Trinajstić information content (AvgIpc) is 3.16. The minimum atomic E-state index is 0.140. The second kappa shape index (κ2) is 10.7. The molecule has 5 nitrogen and oxygen atoms in total. The zero-order valence-corrected chi connectivity index (χ0v) is 21.0. The van der Waals surface area contributed by atoms with Crippen molar-refractivity contribution >= 4 is 58.9 Å². The molecule has 4 rings (SSSR count). The van der Waals surface area contributed by atoms with Gasteiger partial charge in [-0.3, -0.25) is 8.77 Å². The Labute approximate surface area is 198 Å². The second-order valence-corrected chi connectivity index (χ2v) is 8.86. The zero-order valence-electron chi connectivity index (χ0n) is 17.3. The third-order valence-electron chi connectivity index (χ3n) is 5.02. The number of ether oxygens (including phenoxy) is 1. The number of hydrogen-bond donors (Lipinski definition) is 0. The van der Waals surface area contributed by atoms with E-state index < -0.39 is 0 Å². The van der Waals surface area contributed by atoms with Gasteiger partial charge in [0.25, 0.3) is 0 Å². The lowest BCUT2D eigenvalue weighted by atomic mass is 10.1. The summed E-state index contributed by atoms with van der Waals surface area (Å²) in [6.07, 6.45) is 3.61. The van der Waals surface area contributed by atoms with Gasteiger partial charge in [-0.2, -0.15) is 0 Å². The number of benzene rings is 1. The lowest BCUT2D eigenvalue weighted by molar-refractivity contribution is -0.130. The van der Waals surface area contributed by atoms with Crippen LogP contribution < -0.4 is 4.74 Å². The van der Waals surface area contributed by atoms with Crippen LogP contribution >= 0.6 is 41.9 Å². The van der Waals surface area contributed by atoms with Gasteiger partial charge in [0.2, 0.25) is 5.91 Å². The van der Waals surface area contributed by atoms with Gasteiger partial charge in [0, 0.05) is 74.8 Å². The van der Waals surface area contributed by atoms with Crippen molar-refractivity contribution in [2.75, 3.05) is 13.1 Å². The quantitative estimate of drug-likeness (QED) is 0.338. The molecule has 1 amide bonds. The van der Waals surface area contributed by atoms with Gasteiger partial charge in [-0.1, -0.05) is 25.4 Å². The normalized spacial score (nSPS) is 14.4. The van der Waals surface area contributed by atoms with Gasteiger partial charge in [-0.25, -0.2) is 4.98 Å². The highest BCUT2D eigenvalue weighted by molar-refractivity contribution is 14.2. The zero-order chi connectivity index (χ0) is 21.7. The molecule has 160 valence electrons. The highest BCUT2D eigenvalue weighted by Gasteiger charge is 2.22. The topological polar surface area (TPSA) is 47.4 Å². The molecule has 0 aliphatic carbocycles. The van der Waals surface area contributed by atoms with E-state index in [1.165, 1.54) is 0 Å². The molecular formula is C22H25ClIN3O2S. The number of likely N-dealkylation sites (tertiary alicyclic amines) is 1. The Morgan fingerprint density at radius 3 is 2.47 bits per heavy atom. The van der Waals surface area contributed by atoms with Gasteiger partial charge in [-0.05, 0) is 42.0 Å². The van der Waals surface area contributed by atoms with Crippen molar-refractivity contribution < 1.29 is 9.53 Å². The molecule has 0 N–H and O–H groups in total. The van der Waals surface area contributed by atoms with Crippen LogP contribution in [0, 0.1) is 0 Å². The Morgan fingerprint density at radius 1 is 1.20 bits per heavy atom. The summed E-state index contributed by atoms with van der Waals surface area (Å²) < 4.78 is 8.20. The van der Waals surface area contributed by atoms with Crippen LogP contribution in [0.3, 0.4) is 0 Å². The van der Waals surface area contributed by atoms with E-state index in [-0.39, 0.29) is 12.0 Å². The van der Waals surface area contributed by atoms with E-state index >= 15 is 0 Å². The fourth-order valence-electron chi connectivity index (χ4n) is 3.50. The summed E-state index contributed by atoms with van der Waals surface area (Å²) in [6, 6.07) is 12.0. The first-order chi connectivity index (χ1) is 14.6. The van der Waals surface area contributed by atoms with Crippen molar-refractivity contribution in [2.24, 2.45) is 0 Å². The van der Waals surface area contributed by atoms with E-state index in [2.05, 4.69) is 48.4 Å². The lowest BCUT2D eigenvalue weighted by Crippen LogP contribution is -2.40. The minimum absolute atomic E-state index is 0.140. The molecule has 1 aromatic carbocycles. The molecule has 30 heavy (non-hydrogen) atoms. The van der Waals surface area contributed by atoms with Crippen molar-refractivity contribution in [1.29, 1.82) is 0 Å². The molecular weight excluding hydrogens is 533 g/mol. The SMILES string of the molecule is CC.CC(=O)N1CCC(Oc2ccc(-c3cc4c(Cl)ccnc4n3SI)cc2)CC1. The highest BCUT2D eigenvalue weighted by atomic mass is 127. The number of halogens is 2. The molecule has 1 aliphatic rings. The standard InChI is InChI=1S/C20H19ClIN3O2S.C2H6/c1-13(26)24-10-7-16(8-11-24)27-15-4-2-14(3-5-15)19-12-17-18(21)6-9-23-20(17)25(19)28-22;1-2/h2-6,9,12,16H,7-8,10-11H2,1H3;1-2H3. The van der Waals surface area contributed by atoms with E-state index in [1.807, 2.05) is 36.9 Å². The molecule has 0 atom stereocenters. The number of pyridine rings is 1. The van der Waals surface area contributed by atoms with Crippen LogP contribution in [0.2, 0.25) is 5.02 Å². The molecule has 8 heteroatoms. The maximum Gasteiger partial charge on any atom is 0.219 e. The highest BCUT2D eigenvalue weighted by Crippen LogP contribution is 2.36. The van der Waals surface area contributed by atoms with Crippen LogP contribution in [0.4, 0.5) is 0 Å². The molecule has 0 bridgehead atoms. The van der Waals surface area contributed by atoms with E-state index in [9.17, 15) is 4.79 Å². The largest absolute Gasteiger partial charge is 0.490 e. The molecule has 0 radical (unpaired) electrons. The molecule has 1 fully saturated rings. The number of carbonyl (C=O) groups is 1. The number of piperidine rings is 1. The fraction of sp³-hybridized carbons (Fsp3) is 0.364. The first-order valence-electron chi connectivity index (χ1n) is 10.0. The number of nitrogens with zero attached hydrogens (tertiary/aromatic N) is 3. The van der Waals surface area contributed by atoms with Gasteiger partial charge in [0.15, 0.2) is 5.65 Å². The van der Waals surface area contributed by atoms with E-state index in [4.69, 9.17) is 16.3 Å². The summed E-state index contributed by atoms with van der Waals surface area (Å²) in [6.45, 7) is 7.15. The Kier molecular flexibility index (Phi) is 8.30. The number of carbonyl (C=O) groups excluding carboxylic acids is 1. The van der Waals surface area contributed by atoms with Crippen molar-refractivity contribution in [3.63, 3.8) is 0 Å². The molecule has 1 saturated heterocycles. The third-order valence-corrected chi connectivity index (χ3v) is 7.04. The predicted molar refractivity (Wildman–Crippen MR) is 134 cm³/mol. The average molecular weight is 558 g/mol. The summed E-state index contributed by atoms with van der Waals surface area (Å²) in [7, 11) is 1.57.